The van der Waals surface area contributed by atoms with Crippen molar-refractivity contribution in [1.29, 1.82) is 0 Å². The van der Waals surface area contributed by atoms with Crippen LogP contribution in [0, 0.1) is 5.92 Å². The van der Waals surface area contributed by atoms with Gasteiger partial charge in [-0.2, -0.15) is 0 Å². The minimum absolute atomic E-state index is 0.0649. The van der Waals surface area contributed by atoms with Gasteiger partial charge in [0.15, 0.2) is 5.96 Å². The molecule has 2 aliphatic rings. The highest BCUT2D eigenvalue weighted by molar-refractivity contribution is 5.79. The highest BCUT2D eigenvalue weighted by atomic mass is 16.5. The summed E-state index contributed by atoms with van der Waals surface area (Å²) in [5.41, 5.74) is 1.25. The maximum absolute atomic E-state index is 5.52. The number of hydrogen-bond acceptors (Lipinski definition) is 5. The molecule has 0 amide bonds. The molecule has 1 atom stereocenters. The van der Waals surface area contributed by atoms with Crippen molar-refractivity contribution in [1.82, 2.24) is 15.5 Å². The number of morpholine rings is 1. The van der Waals surface area contributed by atoms with Gasteiger partial charge in [-0.25, -0.2) is 0 Å². The summed E-state index contributed by atoms with van der Waals surface area (Å²) < 4.78 is 11.0. The molecule has 2 fully saturated rings. The van der Waals surface area contributed by atoms with Crippen LogP contribution in [0.15, 0.2) is 29.3 Å². The molecule has 0 aromatic heterocycles. The Hall–Kier alpha value is -1.99. The molecule has 1 aromatic rings. The molecule has 29 heavy (non-hydrogen) atoms. The Morgan fingerprint density at radius 1 is 1.21 bits per heavy atom. The molecular weight excluding hydrogens is 366 g/mol. The topological polar surface area (TPSA) is 61.4 Å². The smallest absolute Gasteiger partial charge is 0.191 e. The van der Waals surface area contributed by atoms with Crippen molar-refractivity contribution >= 4 is 11.6 Å². The molecule has 0 radical (unpaired) electrons. The van der Waals surface area contributed by atoms with Crippen LogP contribution in [0.2, 0.25) is 0 Å². The summed E-state index contributed by atoms with van der Waals surface area (Å²) in [4.78, 5) is 9.32. The Bertz CT molecular complexity index is 673. The highest BCUT2D eigenvalue weighted by Crippen LogP contribution is 2.31. The van der Waals surface area contributed by atoms with Crippen molar-refractivity contribution in [3.8, 4) is 5.75 Å². The van der Waals surface area contributed by atoms with Gasteiger partial charge in [0.05, 0.1) is 26.0 Å². The zero-order chi connectivity index (χ0) is 20.7. The number of nitrogens with one attached hydrogen (secondary N) is 2. The number of rotatable bonds is 7. The summed E-state index contributed by atoms with van der Waals surface area (Å²) >= 11 is 0. The second-order valence-electron chi connectivity index (χ2n) is 8.49. The van der Waals surface area contributed by atoms with E-state index in [1.807, 2.05) is 19.2 Å². The van der Waals surface area contributed by atoms with Crippen molar-refractivity contribution < 1.29 is 9.47 Å². The van der Waals surface area contributed by atoms with Crippen LogP contribution in [-0.2, 0) is 4.74 Å². The van der Waals surface area contributed by atoms with Crippen LogP contribution in [-0.4, -0.2) is 83.0 Å². The van der Waals surface area contributed by atoms with Crippen LogP contribution in [0.4, 0.5) is 5.69 Å². The van der Waals surface area contributed by atoms with Gasteiger partial charge in [0.2, 0.25) is 0 Å². The van der Waals surface area contributed by atoms with Crippen molar-refractivity contribution in [3.05, 3.63) is 24.3 Å². The molecule has 0 saturated carbocycles. The number of ether oxygens (including phenoxy) is 2. The number of guanidine groups is 1. The van der Waals surface area contributed by atoms with E-state index in [1.165, 1.54) is 12.1 Å². The third-order valence-electron chi connectivity index (χ3n) is 6.05. The summed E-state index contributed by atoms with van der Waals surface area (Å²) in [6, 6.07) is 8.27. The first-order valence-electron chi connectivity index (χ1n) is 10.7. The fourth-order valence-electron chi connectivity index (χ4n) is 4.15. The van der Waals surface area contributed by atoms with Gasteiger partial charge in [0.25, 0.3) is 0 Å². The van der Waals surface area contributed by atoms with E-state index in [2.05, 4.69) is 51.4 Å². The van der Waals surface area contributed by atoms with Gasteiger partial charge in [-0.3, -0.25) is 9.89 Å². The third-order valence-corrected chi connectivity index (χ3v) is 6.05. The van der Waals surface area contributed by atoms with Gasteiger partial charge in [0, 0.05) is 51.9 Å². The minimum atomic E-state index is 0.0649. The monoisotopic (exact) mass is 403 g/mol. The molecule has 3 rings (SSSR count). The standard InChI is InChI=1S/C22H37N5O2/c1-22(2,27-11-13-29-14-12-27)17-25-21(23-3)24-15-18-9-10-26(16-18)19-7-5-6-8-20(19)28-4/h5-8,18H,9-17H2,1-4H3,(H2,23,24,25). The van der Waals surface area contributed by atoms with Crippen molar-refractivity contribution in [2.45, 2.75) is 25.8 Å². The maximum Gasteiger partial charge on any atom is 0.191 e. The molecule has 162 valence electrons. The predicted octanol–water partition coefficient (Wildman–Crippen LogP) is 1.80. The molecule has 2 saturated heterocycles. The molecule has 2 N–H and O–H groups in total. The zero-order valence-corrected chi connectivity index (χ0v) is 18.4. The molecule has 0 aliphatic carbocycles. The molecule has 7 nitrogen and oxygen atoms in total. The Balaban J connectivity index is 1.45. The Morgan fingerprint density at radius 3 is 2.69 bits per heavy atom. The lowest BCUT2D eigenvalue weighted by molar-refractivity contribution is -0.00834. The SMILES string of the molecule is CN=C(NCC1CCN(c2ccccc2OC)C1)NCC(C)(C)N1CCOCC1. The molecule has 1 aromatic carbocycles. The van der Waals surface area contributed by atoms with Crippen LogP contribution in [0.3, 0.4) is 0 Å². The van der Waals surface area contributed by atoms with Crippen LogP contribution >= 0.6 is 0 Å². The van der Waals surface area contributed by atoms with Crippen LogP contribution in [0.1, 0.15) is 20.3 Å². The summed E-state index contributed by atoms with van der Waals surface area (Å²) in [5, 5.41) is 7.04. The Kier molecular flexibility index (Phi) is 7.61. The third kappa shape index (κ3) is 5.76. The number of methoxy groups -OCH3 is 1. The number of hydrogen-bond donors (Lipinski definition) is 2. The average molecular weight is 404 g/mol. The van der Waals surface area contributed by atoms with E-state index in [1.54, 1.807) is 7.11 Å². The molecule has 2 heterocycles. The van der Waals surface area contributed by atoms with E-state index in [0.29, 0.717) is 5.92 Å². The molecule has 0 bridgehead atoms. The summed E-state index contributed by atoms with van der Waals surface area (Å²) in [7, 11) is 3.58. The van der Waals surface area contributed by atoms with Gasteiger partial charge >= 0.3 is 0 Å². The van der Waals surface area contributed by atoms with E-state index in [4.69, 9.17) is 9.47 Å². The van der Waals surface area contributed by atoms with Gasteiger partial charge in [0.1, 0.15) is 5.75 Å². The Morgan fingerprint density at radius 2 is 1.97 bits per heavy atom. The zero-order valence-electron chi connectivity index (χ0n) is 18.4. The first-order chi connectivity index (χ1) is 14.0. The van der Waals surface area contributed by atoms with Crippen molar-refractivity contribution in [3.63, 3.8) is 0 Å². The number of benzene rings is 1. The van der Waals surface area contributed by atoms with E-state index in [-0.39, 0.29) is 5.54 Å². The summed E-state index contributed by atoms with van der Waals surface area (Å²) in [5.74, 6) is 2.41. The van der Waals surface area contributed by atoms with Gasteiger partial charge < -0.3 is 25.0 Å². The van der Waals surface area contributed by atoms with Gasteiger partial charge in [-0.15, -0.1) is 0 Å². The second-order valence-corrected chi connectivity index (χ2v) is 8.49. The summed E-state index contributed by atoms with van der Waals surface area (Å²) in [6.45, 7) is 12.0. The fraction of sp³-hybridized carbons (Fsp3) is 0.682. The molecular formula is C22H37N5O2. The molecule has 7 heteroatoms. The Labute approximate surface area is 175 Å². The van der Waals surface area contributed by atoms with Crippen LogP contribution in [0.25, 0.3) is 0 Å². The predicted molar refractivity (Wildman–Crippen MR) is 119 cm³/mol. The lowest BCUT2D eigenvalue weighted by atomic mass is 10.0. The van der Waals surface area contributed by atoms with E-state index in [0.717, 1.165) is 64.2 Å². The number of para-hydroxylation sites is 2. The second kappa shape index (κ2) is 10.2. The lowest BCUT2D eigenvalue weighted by Gasteiger charge is -2.41. The lowest BCUT2D eigenvalue weighted by Crippen LogP contribution is -2.56. The number of nitrogens with zero attached hydrogens (tertiary/aromatic N) is 3. The van der Waals surface area contributed by atoms with Gasteiger partial charge in [-0.05, 0) is 38.3 Å². The van der Waals surface area contributed by atoms with Crippen molar-refractivity contribution in [2.75, 3.05) is 71.5 Å². The van der Waals surface area contributed by atoms with E-state index >= 15 is 0 Å². The largest absolute Gasteiger partial charge is 0.495 e. The highest BCUT2D eigenvalue weighted by Gasteiger charge is 2.29. The molecule has 2 aliphatic heterocycles. The number of aliphatic imine (C=N–C) groups is 1. The maximum atomic E-state index is 5.52. The quantitative estimate of drug-likeness (QED) is 0.535. The molecule has 0 spiro atoms. The normalized spacial score (nSPS) is 21.3. The first-order valence-corrected chi connectivity index (χ1v) is 10.7. The minimum Gasteiger partial charge on any atom is -0.495 e. The first kappa shape index (κ1) is 21.7. The summed E-state index contributed by atoms with van der Waals surface area (Å²) in [6.07, 6.45) is 1.17. The van der Waals surface area contributed by atoms with Gasteiger partial charge in [-0.1, -0.05) is 12.1 Å². The number of anilines is 1. The van der Waals surface area contributed by atoms with Crippen molar-refractivity contribution in [2.24, 2.45) is 10.9 Å². The fourth-order valence-corrected chi connectivity index (χ4v) is 4.15. The van der Waals surface area contributed by atoms with Crippen LogP contribution in [0.5, 0.6) is 5.75 Å². The van der Waals surface area contributed by atoms with Crippen LogP contribution < -0.4 is 20.3 Å². The van der Waals surface area contributed by atoms with E-state index < -0.39 is 0 Å². The molecule has 1 unspecified atom stereocenters. The average Bonchev–Trinajstić information content (AvgIpc) is 3.23. The van der Waals surface area contributed by atoms with E-state index in [9.17, 15) is 0 Å².